The Morgan fingerprint density at radius 2 is 1.80 bits per heavy atom. The number of aliphatic carboxylic acids is 1. The number of nitrogens with zero attached hydrogens (tertiary/aromatic N) is 3. The zero-order valence-corrected chi connectivity index (χ0v) is 15.1. The van der Waals surface area contributed by atoms with Gasteiger partial charge in [0.2, 0.25) is 5.91 Å². The number of hydrogen-bond acceptors (Lipinski definition) is 5. The third-order valence-electron chi connectivity index (χ3n) is 4.69. The van der Waals surface area contributed by atoms with Crippen molar-refractivity contribution < 1.29 is 19.4 Å². The summed E-state index contributed by atoms with van der Waals surface area (Å²) in [4.78, 5) is 29.0. The molecule has 7 heteroatoms. The first-order chi connectivity index (χ1) is 11.9. The maximum absolute atomic E-state index is 12.3. The number of piperazine rings is 1. The predicted molar refractivity (Wildman–Crippen MR) is 94.6 cm³/mol. The van der Waals surface area contributed by atoms with Gasteiger partial charge in [-0.2, -0.15) is 0 Å². The monoisotopic (exact) mass is 349 g/mol. The Labute approximate surface area is 148 Å². The van der Waals surface area contributed by atoms with Gasteiger partial charge in [0, 0.05) is 32.7 Å². The number of ether oxygens (including phenoxy) is 1. The molecule has 0 bridgehead atoms. The summed E-state index contributed by atoms with van der Waals surface area (Å²) in [6, 6.07) is 7.35. The molecule has 1 atom stereocenters. The summed E-state index contributed by atoms with van der Waals surface area (Å²) in [7, 11) is 3.32. The topological polar surface area (TPSA) is 73.3 Å². The summed E-state index contributed by atoms with van der Waals surface area (Å²) in [6.07, 6.45) is 0. The van der Waals surface area contributed by atoms with Gasteiger partial charge < -0.3 is 14.7 Å². The van der Waals surface area contributed by atoms with Crippen molar-refractivity contribution in [3.63, 3.8) is 0 Å². The van der Waals surface area contributed by atoms with Crippen LogP contribution in [-0.2, 0) is 16.1 Å². The number of rotatable bonds is 7. The number of amides is 1. The number of carboxylic acids is 1. The number of likely N-dealkylation sites (N-methyl/N-ethyl adjacent to an activating group) is 1. The summed E-state index contributed by atoms with van der Waals surface area (Å²) in [6.45, 7) is 5.54. The van der Waals surface area contributed by atoms with E-state index in [4.69, 9.17) is 9.84 Å². The average molecular weight is 349 g/mol. The maximum atomic E-state index is 12.3. The minimum Gasteiger partial charge on any atom is -0.497 e. The number of hydrogen-bond donors (Lipinski definition) is 1. The lowest BCUT2D eigenvalue weighted by molar-refractivity contribution is -0.143. The van der Waals surface area contributed by atoms with Crippen LogP contribution in [0.2, 0.25) is 0 Å². The van der Waals surface area contributed by atoms with Crippen molar-refractivity contribution in [2.24, 2.45) is 0 Å². The SMILES string of the molecule is COc1ccc(CN2CCN(C(=O)CN(C)C(C)C(=O)O)CC2)cc1. The molecule has 1 aromatic carbocycles. The normalized spacial score (nSPS) is 16.7. The Morgan fingerprint density at radius 1 is 1.20 bits per heavy atom. The standard InChI is InChI=1S/C18H27N3O4/c1-14(18(23)24)19(2)13-17(22)21-10-8-20(9-11-21)12-15-4-6-16(25-3)7-5-15/h4-7,14H,8-13H2,1-3H3,(H,23,24). The van der Waals surface area contributed by atoms with Crippen LogP contribution in [0.25, 0.3) is 0 Å². The van der Waals surface area contributed by atoms with Crippen molar-refractivity contribution >= 4 is 11.9 Å². The second-order valence-corrected chi connectivity index (χ2v) is 6.43. The fourth-order valence-electron chi connectivity index (χ4n) is 2.78. The molecule has 0 spiro atoms. The smallest absolute Gasteiger partial charge is 0.320 e. The van der Waals surface area contributed by atoms with Crippen molar-refractivity contribution in [3.8, 4) is 5.75 Å². The van der Waals surface area contributed by atoms with Crippen LogP contribution in [0, 0.1) is 0 Å². The lowest BCUT2D eigenvalue weighted by Gasteiger charge is -2.35. The molecule has 7 nitrogen and oxygen atoms in total. The van der Waals surface area contributed by atoms with Gasteiger partial charge in [0.15, 0.2) is 0 Å². The molecule has 0 aromatic heterocycles. The fraction of sp³-hybridized carbons (Fsp3) is 0.556. The van der Waals surface area contributed by atoms with E-state index in [2.05, 4.69) is 17.0 Å². The lowest BCUT2D eigenvalue weighted by atomic mass is 10.2. The molecular weight excluding hydrogens is 322 g/mol. The molecule has 1 unspecified atom stereocenters. The van der Waals surface area contributed by atoms with Gasteiger partial charge in [-0.05, 0) is 31.7 Å². The van der Waals surface area contributed by atoms with E-state index in [0.717, 1.165) is 25.4 Å². The highest BCUT2D eigenvalue weighted by Crippen LogP contribution is 2.14. The molecule has 1 amide bonds. The van der Waals surface area contributed by atoms with Crippen LogP contribution in [0.1, 0.15) is 12.5 Å². The van der Waals surface area contributed by atoms with Crippen LogP contribution >= 0.6 is 0 Å². The summed E-state index contributed by atoms with van der Waals surface area (Å²) < 4.78 is 5.16. The molecule has 25 heavy (non-hydrogen) atoms. The van der Waals surface area contributed by atoms with E-state index in [1.54, 1.807) is 26.0 Å². The van der Waals surface area contributed by atoms with Crippen LogP contribution in [0.3, 0.4) is 0 Å². The van der Waals surface area contributed by atoms with Gasteiger partial charge in [-0.3, -0.25) is 19.4 Å². The first-order valence-corrected chi connectivity index (χ1v) is 8.47. The highest BCUT2D eigenvalue weighted by atomic mass is 16.5. The van der Waals surface area contributed by atoms with Gasteiger partial charge in [-0.25, -0.2) is 0 Å². The molecular formula is C18H27N3O4. The molecule has 2 rings (SSSR count). The van der Waals surface area contributed by atoms with E-state index < -0.39 is 12.0 Å². The molecule has 0 saturated carbocycles. The van der Waals surface area contributed by atoms with Crippen LogP contribution in [0.4, 0.5) is 0 Å². The average Bonchev–Trinajstić information content (AvgIpc) is 2.62. The summed E-state index contributed by atoms with van der Waals surface area (Å²) >= 11 is 0. The molecule has 1 aliphatic heterocycles. The second kappa shape index (κ2) is 8.82. The third-order valence-corrected chi connectivity index (χ3v) is 4.69. The van der Waals surface area contributed by atoms with Crippen molar-refractivity contribution in [1.29, 1.82) is 0 Å². The minimum atomic E-state index is -0.917. The molecule has 1 fully saturated rings. The molecule has 0 radical (unpaired) electrons. The van der Waals surface area contributed by atoms with E-state index in [1.165, 1.54) is 5.56 Å². The molecule has 1 heterocycles. The van der Waals surface area contributed by atoms with Crippen LogP contribution in [0.5, 0.6) is 5.75 Å². The summed E-state index contributed by atoms with van der Waals surface area (Å²) in [5, 5.41) is 9.00. The molecule has 1 aliphatic rings. The molecule has 0 aliphatic carbocycles. The van der Waals surface area contributed by atoms with Crippen molar-refractivity contribution in [2.75, 3.05) is 46.9 Å². The summed E-state index contributed by atoms with van der Waals surface area (Å²) in [5.74, 6) is -0.0850. The van der Waals surface area contributed by atoms with E-state index in [-0.39, 0.29) is 12.5 Å². The van der Waals surface area contributed by atoms with E-state index in [9.17, 15) is 9.59 Å². The number of carbonyl (C=O) groups excluding carboxylic acids is 1. The largest absolute Gasteiger partial charge is 0.497 e. The van der Waals surface area contributed by atoms with Crippen LogP contribution in [-0.4, -0.2) is 84.6 Å². The summed E-state index contributed by atoms with van der Waals surface area (Å²) in [5.41, 5.74) is 1.22. The first kappa shape index (κ1) is 19.2. The van der Waals surface area contributed by atoms with Gasteiger partial charge >= 0.3 is 5.97 Å². The van der Waals surface area contributed by atoms with Crippen molar-refractivity contribution in [2.45, 2.75) is 19.5 Å². The van der Waals surface area contributed by atoms with Crippen molar-refractivity contribution in [1.82, 2.24) is 14.7 Å². The van der Waals surface area contributed by atoms with Gasteiger partial charge in [0.25, 0.3) is 0 Å². The molecule has 1 N–H and O–H groups in total. The Bertz CT molecular complexity index is 582. The van der Waals surface area contributed by atoms with Gasteiger partial charge in [-0.15, -0.1) is 0 Å². The quantitative estimate of drug-likeness (QED) is 0.783. The van der Waals surface area contributed by atoms with Gasteiger partial charge in [0.05, 0.1) is 13.7 Å². The van der Waals surface area contributed by atoms with Crippen LogP contribution in [0.15, 0.2) is 24.3 Å². The van der Waals surface area contributed by atoms with Gasteiger partial charge in [0.1, 0.15) is 11.8 Å². The zero-order chi connectivity index (χ0) is 18.4. The number of benzene rings is 1. The number of carboxylic acid groups (broad SMARTS) is 1. The Hall–Kier alpha value is -2.12. The highest BCUT2D eigenvalue weighted by Gasteiger charge is 2.25. The lowest BCUT2D eigenvalue weighted by Crippen LogP contribution is -2.51. The second-order valence-electron chi connectivity index (χ2n) is 6.43. The Morgan fingerprint density at radius 3 is 2.32 bits per heavy atom. The minimum absolute atomic E-state index is 0.0142. The highest BCUT2D eigenvalue weighted by molar-refractivity contribution is 5.80. The van der Waals surface area contributed by atoms with Crippen LogP contribution < -0.4 is 4.74 Å². The molecule has 138 valence electrons. The molecule has 1 saturated heterocycles. The molecule has 1 aromatic rings. The fourth-order valence-corrected chi connectivity index (χ4v) is 2.78. The maximum Gasteiger partial charge on any atom is 0.320 e. The van der Waals surface area contributed by atoms with Gasteiger partial charge in [-0.1, -0.05) is 12.1 Å². The number of methoxy groups -OCH3 is 1. The Balaban J connectivity index is 1.78. The first-order valence-electron chi connectivity index (χ1n) is 8.47. The Kier molecular flexibility index (Phi) is 6.78. The predicted octanol–water partition coefficient (Wildman–Crippen LogP) is 0.744. The zero-order valence-electron chi connectivity index (χ0n) is 15.1. The van der Waals surface area contributed by atoms with E-state index in [1.807, 2.05) is 17.0 Å². The third kappa shape index (κ3) is 5.44. The number of carbonyl (C=O) groups is 2. The van der Waals surface area contributed by atoms with E-state index in [0.29, 0.717) is 13.1 Å². The van der Waals surface area contributed by atoms with E-state index >= 15 is 0 Å². The van der Waals surface area contributed by atoms with Crippen molar-refractivity contribution in [3.05, 3.63) is 29.8 Å².